The highest BCUT2D eigenvalue weighted by Crippen LogP contribution is 2.29. The molecule has 0 amide bonds. The van der Waals surface area contributed by atoms with Crippen LogP contribution in [0.3, 0.4) is 0 Å². The fourth-order valence-electron chi connectivity index (χ4n) is 4.76. The molecule has 0 saturated carbocycles. The van der Waals surface area contributed by atoms with Gasteiger partial charge in [-0.05, 0) is 69.3 Å². The number of pyridine rings is 2. The molecule has 0 bridgehead atoms. The molecule has 2 fully saturated rings. The Balaban J connectivity index is 1.31. The summed E-state index contributed by atoms with van der Waals surface area (Å²) in [5.74, 6) is 2.43. The first-order chi connectivity index (χ1) is 16.6. The molecule has 3 aromatic heterocycles. The maximum atomic E-state index is 10.1. The minimum atomic E-state index is -0.646. The largest absolute Gasteiger partial charge is 0.396 e. The molecule has 1 atom stereocenters. The molecule has 2 aliphatic heterocycles. The Labute approximate surface area is 199 Å². The van der Waals surface area contributed by atoms with E-state index in [2.05, 4.69) is 31.2 Å². The first kappa shape index (κ1) is 22.9. The highest BCUT2D eigenvalue weighted by atomic mass is 16.3. The molecule has 5 heterocycles. The van der Waals surface area contributed by atoms with Gasteiger partial charge in [0.2, 0.25) is 5.95 Å². The van der Waals surface area contributed by atoms with Crippen molar-refractivity contribution in [2.45, 2.75) is 45.3 Å². The lowest BCUT2D eigenvalue weighted by Gasteiger charge is -2.30. The predicted octanol–water partition coefficient (Wildman–Crippen LogP) is 3.02. The van der Waals surface area contributed by atoms with E-state index in [1.54, 1.807) is 13.1 Å². The number of hydrogen-bond acceptors (Lipinski definition) is 9. The highest BCUT2D eigenvalue weighted by Gasteiger charge is 2.21. The van der Waals surface area contributed by atoms with E-state index >= 15 is 0 Å². The Morgan fingerprint density at radius 1 is 1.06 bits per heavy atom. The molecule has 0 aliphatic carbocycles. The molecule has 1 unspecified atom stereocenters. The third-order valence-electron chi connectivity index (χ3n) is 6.84. The van der Waals surface area contributed by atoms with Gasteiger partial charge in [0.15, 0.2) is 5.82 Å². The van der Waals surface area contributed by atoms with Crippen LogP contribution < -0.4 is 10.2 Å². The van der Waals surface area contributed by atoms with Crippen molar-refractivity contribution >= 4 is 28.5 Å². The predicted molar refractivity (Wildman–Crippen MR) is 132 cm³/mol. The van der Waals surface area contributed by atoms with E-state index in [0.29, 0.717) is 30.0 Å². The normalized spacial score (nSPS) is 18.5. The Morgan fingerprint density at radius 3 is 2.53 bits per heavy atom. The van der Waals surface area contributed by atoms with Gasteiger partial charge < -0.3 is 20.4 Å². The first-order valence-corrected chi connectivity index (χ1v) is 12.2. The maximum absolute atomic E-state index is 10.1. The van der Waals surface area contributed by atoms with Gasteiger partial charge in [0, 0.05) is 44.0 Å². The SMILES string of the molecule is CC(O)c1cc2cnc(Nc3ccc(CN4CCC(CO)CC4)cn3)nc2c(N2CCCC2)n1. The van der Waals surface area contributed by atoms with E-state index in [0.717, 1.165) is 75.1 Å². The monoisotopic (exact) mass is 463 g/mol. The minimum absolute atomic E-state index is 0.296. The summed E-state index contributed by atoms with van der Waals surface area (Å²) in [6.07, 6.45) is 7.40. The molecule has 180 valence electrons. The van der Waals surface area contributed by atoms with Crippen molar-refractivity contribution in [1.29, 1.82) is 0 Å². The molecular weight excluding hydrogens is 430 g/mol. The number of rotatable bonds is 7. The van der Waals surface area contributed by atoms with Crippen LogP contribution in [-0.2, 0) is 6.54 Å². The van der Waals surface area contributed by atoms with E-state index in [9.17, 15) is 10.2 Å². The van der Waals surface area contributed by atoms with Crippen LogP contribution in [0.1, 0.15) is 50.0 Å². The zero-order chi connectivity index (χ0) is 23.5. The van der Waals surface area contributed by atoms with Crippen molar-refractivity contribution in [2.24, 2.45) is 5.92 Å². The number of nitrogens with zero attached hydrogens (tertiary/aromatic N) is 6. The van der Waals surface area contributed by atoms with Crippen LogP contribution in [0.15, 0.2) is 30.6 Å². The summed E-state index contributed by atoms with van der Waals surface area (Å²) in [7, 11) is 0. The Hall–Kier alpha value is -2.88. The van der Waals surface area contributed by atoms with Gasteiger partial charge in [0.05, 0.1) is 11.8 Å². The van der Waals surface area contributed by atoms with Crippen LogP contribution in [0.5, 0.6) is 0 Å². The van der Waals surface area contributed by atoms with E-state index in [1.165, 1.54) is 5.56 Å². The summed E-state index contributed by atoms with van der Waals surface area (Å²) in [6.45, 7) is 6.81. The fraction of sp³-hybridized carbons (Fsp3) is 0.520. The number of piperidine rings is 1. The van der Waals surface area contributed by atoms with Gasteiger partial charge in [-0.15, -0.1) is 0 Å². The molecule has 3 aromatic rings. The van der Waals surface area contributed by atoms with Crippen molar-refractivity contribution in [2.75, 3.05) is 43.0 Å². The second-order valence-electron chi connectivity index (χ2n) is 9.45. The van der Waals surface area contributed by atoms with Crippen LogP contribution in [0.4, 0.5) is 17.6 Å². The number of hydrogen-bond donors (Lipinski definition) is 3. The van der Waals surface area contributed by atoms with Crippen LogP contribution in [0, 0.1) is 5.92 Å². The number of aliphatic hydroxyl groups is 2. The molecule has 2 saturated heterocycles. The lowest BCUT2D eigenvalue weighted by atomic mass is 9.98. The Bertz CT molecular complexity index is 1110. The average Bonchev–Trinajstić information content (AvgIpc) is 3.40. The summed E-state index contributed by atoms with van der Waals surface area (Å²) in [5.41, 5.74) is 2.59. The maximum Gasteiger partial charge on any atom is 0.229 e. The number of likely N-dealkylation sites (tertiary alicyclic amines) is 1. The van der Waals surface area contributed by atoms with Gasteiger partial charge >= 0.3 is 0 Å². The summed E-state index contributed by atoms with van der Waals surface area (Å²) in [6, 6.07) is 5.90. The Morgan fingerprint density at radius 2 is 1.85 bits per heavy atom. The first-order valence-electron chi connectivity index (χ1n) is 12.2. The molecule has 3 N–H and O–H groups in total. The fourth-order valence-corrected chi connectivity index (χ4v) is 4.76. The summed E-state index contributed by atoms with van der Waals surface area (Å²) < 4.78 is 0. The number of nitrogens with one attached hydrogen (secondary N) is 1. The van der Waals surface area contributed by atoms with Crippen LogP contribution in [0.25, 0.3) is 10.9 Å². The molecule has 5 rings (SSSR count). The number of aromatic nitrogens is 4. The van der Waals surface area contributed by atoms with Crippen LogP contribution in [0.2, 0.25) is 0 Å². The lowest BCUT2D eigenvalue weighted by molar-refractivity contribution is 0.127. The van der Waals surface area contributed by atoms with Crippen molar-refractivity contribution in [3.63, 3.8) is 0 Å². The number of fused-ring (bicyclic) bond motifs is 1. The molecule has 0 spiro atoms. The summed E-state index contributed by atoms with van der Waals surface area (Å²) >= 11 is 0. The van der Waals surface area contributed by atoms with Gasteiger partial charge in [-0.3, -0.25) is 4.90 Å². The van der Waals surface area contributed by atoms with Crippen molar-refractivity contribution in [1.82, 2.24) is 24.8 Å². The second kappa shape index (κ2) is 10.2. The van der Waals surface area contributed by atoms with E-state index in [4.69, 9.17) is 9.97 Å². The molecule has 9 heteroatoms. The number of anilines is 3. The van der Waals surface area contributed by atoms with Crippen LogP contribution in [-0.4, -0.2) is 67.8 Å². The summed E-state index contributed by atoms with van der Waals surface area (Å²) in [4.78, 5) is 23.2. The Kier molecular flexibility index (Phi) is 6.85. The average molecular weight is 464 g/mol. The summed E-state index contributed by atoms with van der Waals surface area (Å²) in [5, 5.41) is 23.5. The molecule has 0 radical (unpaired) electrons. The number of aliphatic hydroxyl groups excluding tert-OH is 2. The van der Waals surface area contributed by atoms with E-state index < -0.39 is 6.10 Å². The third kappa shape index (κ3) is 5.11. The molecular formula is C25H33N7O2. The standard InChI is InChI=1S/C25H33N7O2/c1-17(34)21-12-20-14-27-25(30-23(20)24(28-21)32-8-2-3-9-32)29-22-5-4-19(13-26-22)15-31-10-6-18(16-33)7-11-31/h4-5,12-14,17-18,33-34H,2-3,6-11,15-16H2,1H3,(H,26,27,29,30). The lowest BCUT2D eigenvalue weighted by Crippen LogP contribution is -2.34. The van der Waals surface area contributed by atoms with Gasteiger partial charge in [-0.1, -0.05) is 6.07 Å². The molecule has 2 aliphatic rings. The highest BCUT2D eigenvalue weighted by molar-refractivity contribution is 5.89. The smallest absolute Gasteiger partial charge is 0.229 e. The van der Waals surface area contributed by atoms with Crippen molar-refractivity contribution in [3.8, 4) is 0 Å². The van der Waals surface area contributed by atoms with E-state index in [-0.39, 0.29) is 0 Å². The minimum Gasteiger partial charge on any atom is -0.396 e. The molecule has 9 nitrogen and oxygen atoms in total. The van der Waals surface area contributed by atoms with E-state index in [1.807, 2.05) is 18.3 Å². The zero-order valence-electron chi connectivity index (χ0n) is 19.7. The van der Waals surface area contributed by atoms with Crippen molar-refractivity contribution in [3.05, 3.63) is 41.9 Å². The van der Waals surface area contributed by atoms with Gasteiger partial charge in [0.1, 0.15) is 11.3 Å². The molecule has 34 heavy (non-hydrogen) atoms. The van der Waals surface area contributed by atoms with Gasteiger partial charge in [-0.25, -0.2) is 19.9 Å². The zero-order valence-corrected chi connectivity index (χ0v) is 19.7. The quantitative estimate of drug-likeness (QED) is 0.487. The second-order valence-corrected chi connectivity index (χ2v) is 9.45. The van der Waals surface area contributed by atoms with Gasteiger partial charge in [-0.2, -0.15) is 0 Å². The van der Waals surface area contributed by atoms with Crippen LogP contribution >= 0.6 is 0 Å². The molecule has 0 aromatic carbocycles. The van der Waals surface area contributed by atoms with Gasteiger partial charge in [0.25, 0.3) is 0 Å². The van der Waals surface area contributed by atoms with Crippen molar-refractivity contribution < 1.29 is 10.2 Å². The third-order valence-corrected chi connectivity index (χ3v) is 6.84. The topological polar surface area (TPSA) is 111 Å².